The number of ether oxygens (including phenoxy) is 1. The van der Waals surface area contributed by atoms with Gasteiger partial charge in [-0.2, -0.15) is 0 Å². The number of rotatable bonds is 1. The van der Waals surface area contributed by atoms with Crippen LogP contribution in [0.15, 0.2) is 24.3 Å². The summed E-state index contributed by atoms with van der Waals surface area (Å²) in [5.74, 6) is -1.01. The van der Waals surface area contributed by atoms with Crippen molar-refractivity contribution >= 4 is 23.0 Å². The molecular formula is C18H22N2O4. The van der Waals surface area contributed by atoms with E-state index in [1.165, 1.54) is 0 Å². The van der Waals surface area contributed by atoms with E-state index in [2.05, 4.69) is 0 Å². The first-order valence-electron chi connectivity index (χ1n) is 7.99. The number of carbonyl (C=O) groups is 2. The summed E-state index contributed by atoms with van der Waals surface area (Å²) >= 11 is 0. The predicted molar refractivity (Wildman–Crippen MR) is 90.1 cm³/mol. The number of fused-ring (bicyclic) bond motifs is 3. The number of carboxylic acid groups (broad SMARTS) is 1. The predicted octanol–water partition coefficient (Wildman–Crippen LogP) is 2.70. The number of hydrogen-bond acceptors (Lipinski definition) is 4. The summed E-state index contributed by atoms with van der Waals surface area (Å²) in [7, 11) is 0. The van der Waals surface area contributed by atoms with Crippen LogP contribution >= 0.6 is 0 Å². The first-order chi connectivity index (χ1) is 11.1. The highest BCUT2D eigenvalue weighted by Gasteiger charge is 2.41. The molecule has 1 aromatic carbocycles. The Labute approximate surface area is 140 Å². The molecule has 1 atom stereocenters. The average Bonchev–Trinajstić information content (AvgIpc) is 2.79. The van der Waals surface area contributed by atoms with Gasteiger partial charge in [-0.05, 0) is 45.2 Å². The lowest BCUT2D eigenvalue weighted by molar-refractivity contribution is -0.143. The number of nitrogens with zero attached hydrogens (tertiary/aromatic N) is 1. The van der Waals surface area contributed by atoms with Gasteiger partial charge < -0.3 is 15.6 Å². The molecule has 3 N–H and O–H groups in total. The van der Waals surface area contributed by atoms with Crippen LogP contribution in [0.4, 0.5) is 4.79 Å². The van der Waals surface area contributed by atoms with Crippen molar-refractivity contribution in [2.75, 3.05) is 0 Å². The minimum absolute atomic E-state index is 0.202. The molecule has 0 radical (unpaired) electrons. The largest absolute Gasteiger partial charge is 0.480 e. The zero-order chi connectivity index (χ0) is 17.7. The van der Waals surface area contributed by atoms with E-state index in [9.17, 15) is 14.7 Å². The molecule has 0 amide bonds. The lowest BCUT2D eigenvalue weighted by atomic mass is 9.80. The molecular weight excluding hydrogens is 308 g/mol. The van der Waals surface area contributed by atoms with Gasteiger partial charge in [0.05, 0.1) is 5.52 Å². The van der Waals surface area contributed by atoms with E-state index in [0.29, 0.717) is 6.42 Å². The zero-order valence-electron chi connectivity index (χ0n) is 14.1. The summed E-state index contributed by atoms with van der Waals surface area (Å²) in [5, 5.41) is 10.3. The van der Waals surface area contributed by atoms with Crippen molar-refractivity contribution in [3.05, 3.63) is 35.5 Å². The van der Waals surface area contributed by atoms with Crippen LogP contribution in [0.25, 0.3) is 10.9 Å². The first kappa shape index (κ1) is 16.5. The lowest BCUT2D eigenvalue weighted by Gasteiger charge is -2.30. The second kappa shape index (κ2) is 5.34. The summed E-state index contributed by atoms with van der Waals surface area (Å²) in [6.07, 6.45) is 0.467. The molecule has 24 heavy (non-hydrogen) atoms. The number of aromatic nitrogens is 1. The third-order valence-electron chi connectivity index (χ3n) is 4.39. The van der Waals surface area contributed by atoms with Crippen LogP contribution in [0.5, 0.6) is 0 Å². The van der Waals surface area contributed by atoms with Crippen LogP contribution in [0.2, 0.25) is 0 Å². The van der Waals surface area contributed by atoms with Gasteiger partial charge in [0.1, 0.15) is 11.1 Å². The van der Waals surface area contributed by atoms with Crippen molar-refractivity contribution < 1.29 is 19.4 Å². The fraction of sp³-hybridized carbons (Fsp3) is 0.444. The van der Waals surface area contributed by atoms with Gasteiger partial charge in [0.15, 0.2) is 0 Å². The Hall–Kier alpha value is -2.34. The van der Waals surface area contributed by atoms with E-state index in [0.717, 1.165) is 22.2 Å². The molecule has 0 bridgehead atoms. The summed E-state index contributed by atoms with van der Waals surface area (Å²) in [6, 6.07) is 7.45. The van der Waals surface area contributed by atoms with Gasteiger partial charge in [-0.25, -0.2) is 9.36 Å². The molecule has 3 rings (SSSR count). The number of aliphatic carboxylic acids is 1. The summed E-state index contributed by atoms with van der Waals surface area (Å²) in [6.45, 7) is 5.45. The number of nitrogens with two attached hydrogens (primary N) is 1. The average molecular weight is 330 g/mol. The molecule has 0 aliphatic heterocycles. The van der Waals surface area contributed by atoms with Crippen LogP contribution in [0.3, 0.4) is 0 Å². The number of hydrogen-bond donors (Lipinski definition) is 2. The fourth-order valence-corrected chi connectivity index (χ4v) is 3.26. The van der Waals surface area contributed by atoms with Crippen LogP contribution in [-0.2, 0) is 22.4 Å². The summed E-state index contributed by atoms with van der Waals surface area (Å²) in [4.78, 5) is 24.2. The zero-order valence-corrected chi connectivity index (χ0v) is 14.1. The topological polar surface area (TPSA) is 94.5 Å². The summed E-state index contributed by atoms with van der Waals surface area (Å²) < 4.78 is 7.10. The third-order valence-corrected chi connectivity index (χ3v) is 4.39. The first-order valence-corrected chi connectivity index (χ1v) is 7.99. The van der Waals surface area contributed by atoms with Crippen LogP contribution < -0.4 is 5.73 Å². The van der Waals surface area contributed by atoms with Crippen molar-refractivity contribution in [2.24, 2.45) is 5.73 Å². The molecule has 0 spiro atoms. The maximum Gasteiger partial charge on any atom is 0.419 e. The van der Waals surface area contributed by atoms with Crippen LogP contribution in [0.1, 0.15) is 38.4 Å². The SMILES string of the molecule is CC(C)(C)OC(=O)n1c2c(c3ccccc31)C[C@](N)(C(=O)O)CC2. The Morgan fingerprint density at radius 2 is 1.96 bits per heavy atom. The number of benzene rings is 1. The van der Waals surface area contributed by atoms with E-state index < -0.39 is 23.2 Å². The van der Waals surface area contributed by atoms with Crippen molar-refractivity contribution in [3.8, 4) is 0 Å². The standard InChI is InChI=1S/C18H22N2O4/c1-17(2,3)24-16(23)20-13-7-5-4-6-11(13)12-10-18(19,15(21)22)9-8-14(12)20/h4-7H,8-10,19H2,1-3H3,(H,21,22)/t18-/m0/s1. The maximum absolute atomic E-state index is 12.7. The van der Waals surface area contributed by atoms with Crippen molar-refractivity contribution in [1.29, 1.82) is 0 Å². The van der Waals surface area contributed by atoms with Gasteiger partial charge in [-0.3, -0.25) is 4.79 Å². The Balaban J connectivity index is 2.16. The smallest absolute Gasteiger partial charge is 0.419 e. The monoisotopic (exact) mass is 330 g/mol. The van der Waals surface area contributed by atoms with Gasteiger partial charge >= 0.3 is 12.1 Å². The van der Waals surface area contributed by atoms with Crippen molar-refractivity contribution in [3.63, 3.8) is 0 Å². The van der Waals surface area contributed by atoms with Gasteiger partial charge in [0.25, 0.3) is 0 Å². The van der Waals surface area contributed by atoms with Crippen molar-refractivity contribution in [1.82, 2.24) is 4.57 Å². The van der Waals surface area contributed by atoms with Gasteiger partial charge in [-0.1, -0.05) is 18.2 Å². The molecule has 0 unspecified atom stereocenters. The molecule has 1 aliphatic rings. The van der Waals surface area contributed by atoms with E-state index in [4.69, 9.17) is 10.5 Å². The second-order valence-electron chi connectivity index (χ2n) is 7.40. The van der Waals surface area contributed by atoms with Crippen LogP contribution in [-0.4, -0.2) is 32.9 Å². The van der Waals surface area contributed by atoms with Gasteiger partial charge in [-0.15, -0.1) is 0 Å². The van der Waals surface area contributed by atoms with E-state index in [-0.39, 0.29) is 12.8 Å². The molecule has 0 saturated heterocycles. The molecule has 0 fully saturated rings. The highest BCUT2D eigenvalue weighted by molar-refractivity contribution is 5.95. The van der Waals surface area contributed by atoms with E-state index >= 15 is 0 Å². The Morgan fingerprint density at radius 3 is 2.58 bits per heavy atom. The Morgan fingerprint density at radius 1 is 1.29 bits per heavy atom. The molecule has 6 heteroatoms. The molecule has 2 aromatic rings. The summed E-state index contributed by atoms with van der Waals surface area (Å²) in [5.41, 5.74) is 6.52. The van der Waals surface area contributed by atoms with Crippen LogP contribution in [0, 0.1) is 0 Å². The molecule has 0 saturated carbocycles. The highest BCUT2D eigenvalue weighted by Crippen LogP contribution is 2.35. The maximum atomic E-state index is 12.7. The minimum atomic E-state index is -1.30. The number of carbonyl (C=O) groups excluding carboxylic acids is 1. The number of para-hydroxylation sites is 1. The highest BCUT2D eigenvalue weighted by atomic mass is 16.6. The second-order valence-corrected chi connectivity index (χ2v) is 7.40. The Kier molecular flexibility index (Phi) is 3.68. The van der Waals surface area contributed by atoms with Gasteiger partial charge in [0.2, 0.25) is 0 Å². The van der Waals surface area contributed by atoms with Crippen molar-refractivity contribution in [2.45, 2.75) is 51.2 Å². The van der Waals surface area contributed by atoms with E-state index in [1.54, 1.807) is 4.57 Å². The molecule has 6 nitrogen and oxygen atoms in total. The molecule has 128 valence electrons. The third kappa shape index (κ3) is 2.67. The minimum Gasteiger partial charge on any atom is -0.480 e. The van der Waals surface area contributed by atoms with Gasteiger partial charge in [0, 0.05) is 17.5 Å². The Bertz CT molecular complexity index is 831. The normalized spacial score (nSPS) is 20.7. The quantitative estimate of drug-likeness (QED) is 0.838. The molecule has 1 aliphatic carbocycles. The molecule has 1 aromatic heterocycles. The number of carboxylic acids is 1. The molecule has 1 heterocycles. The van der Waals surface area contributed by atoms with E-state index in [1.807, 2.05) is 45.0 Å². The lowest BCUT2D eigenvalue weighted by Crippen LogP contribution is -2.52. The fourth-order valence-electron chi connectivity index (χ4n) is 3.26.